The number of hydrogen-bond acceptors (Lipinski definition) is 9. The molecule has 32 heavy (non-hydrogen) atoms. The van der Waals surface area contributed by atoms with E-state index < -0.39 is 38.1 Å². The summed E-state index contributed by atoms with van der Waals surface area (Å²) in [6, 6.07) is 10.7. The van der Waals surface area contributed by atoms with Crippen molar-refractivity contribution in [1.29, 1.82) is 0 Å². The molecule has 0 radical (unpaired) electrons. The van der Waals surface area contributed by atoms with Gasteiger partial charge >= 0.3 is 19.7 Å². The average Bonchev–Trinajstić information content (AvgIpc) is 3.25. The molecule has 1 aromatic heterocycles. The van der Waals surface area contributed by atoms with Crippen molar-refractivity contribution >= 4 is 19.7 Å². The summed E-state index contributed by atoms with van der Waals surface area (Å²) in [4.78, 5) is 27.8. The number of benzene rings is 1. The lowest BCUT2D eigenvalue weighted by molar-refractivity contribution is -0.142. The van der Waals surface area contributed by atoms with E-state index in [1.165, 1.54) is 20.2 Å². The Morgan fingerprint density at radius 1 is 1.22 bits per heavy atom. The summed E-state index contributed by atoms with van der Waals surface area (Å²) in [6.07, 6.45) is 2.70. The molecule has 1 fully saturated rings. The fraction of sp³-hybridized carbons (Fsp3) is 0.381. The zero-order valence-electron chi connectivity index (χ0n) is 17.7. The Balaban J connectivity index is 1.57. The standard InChI is InChI=1S/C21H25N2O8P/c1-15(20(24)27-2)23-32(26,31-17-8-4-3-5-9-17)28-14-18-10-11-19(29-18)30-21(25)16-7-6-12-22-13-16/h3-9,12-13,15,18-19H,10-11,14H2,1-2H3,(H,23,26). The van der Waals surface area contributed by atoms with E-state index in [1.54, 1.807) is 48.7 Å². The predicted molar refractivity (Wildman–Crippen MR) is 113 cm³/mol. The Hall–Kier alpha value is -2.78. The maximum atomic E-state index is 13.3. The van der Waals surface area contributed by atoms with Gasteiger partial charge in [-0.1, -0.05) is 18.2 Å². The molecule has 0 aliphatic carbocycles. The molecule has 1 aromatic carbocycles. The number of ether oxygens (including phenoxy) is 3. The molecular weight excluding hydrogens is 439 g/mol. The number of hydrogen-bond donors (Lipinski definition) is 1. The van der Waals surface area contributed by atoms with E-state index in [2.05, 4.69) is 14.8 Å². The molecule has 0 saturated carbocycles. The third kappa shape index (κ3) is 6.86. The summed E-state index contributed by atoms with van der Waals surface area (Å²) in [7, 11) is -2.73. The first-order chi connectivity index (χ1) is 15.4. The van der Waals surface area contributed by atoms with Crippen LogP contribution in [0.1, 0.15) is 30.1 Å². The maximum absolute atomic E-state index is 13.3. The van der Waals surface area contributed by atoms with Gasteiger partial charge in [0.2, 0.25) is 6.29 Å². The quantitative estimate of drug-likeness (QED) is 0.414. The van der Waals surface area contributed by atoms with Gasteiger partial charge in [0.05, 0.1) is 25.4 Å². The molecule has 0 spiro atoms. The van der Waals surface area contributed by atoms with E-state index in [0.29, 0.717) is 24.2 Å². The van der Waals surface area contributed by atoms with Crippen LogP contribution in [0.3, 0.4) is 0 Å². The number of esters is 2. The number of aromatic nitrogens is 1. The first kappa shape index (κ1) is 23.9. The lowest BCUT2D eigenvalue weighted by atomic mass is 10.2. The van der Waals surface area contributed by atoms with Gasteiger partial charge in [0.25, 0.3) is 0 Å². The molecule has 3 rings (SSSR count). The highest BCUT2D eigenvalue weighted by molar-refractivity contribution is 7.52. The van der Waals surface area contributed by atoms with Crippen molar-refractivity contribution in [2.45, 2.75) is 38.2 Å². The number of para-hydroxylation sites is 1. The van der Waals surface area contributed by atoms with Gasteiger partial charge in [-0.15, -0.1) is 0 Å². The number of pyridine rings is 1. The summed E-state index contributed by atoms with van der Waals surface area (Å²) < 4.78 is 40.1. The number of methoxy groups -OCH3 is 1. The van der Waals surface area contributed by atoms with E-state index in [1.807, 2.05) is 0 Å². The second kappa shape index (κ2) is 11.2. The molecule has 0 amide bonds. The van der Waals surface area contributed by atoms with Crippen molar-refractivity contribution < 1.29 is 37.4 Å². The highest BCUT2D eigenvalue weighted by atomic mass is 31.2. The van der Waals surface area contributed by atoms with Crippen molar-refractivity contribution in [3.05, 3.63) is 60.4 Å². The Morgan fingerprint density at radius 3 is 2.69 bits per heavy atom. The Morgan fingerprint density at radius 2 is 2.00 bits per heavy atom. The fourth-order valence-electron chi connectivity index (χ4n) is 2.91. The zero-order chi connectivity index (χ0) is 23.0. The first-order valence-electron chi connectivity index (χ1n) is 10.00. The van der Waals surface area contributed by atoms with E-state index in [0.717, 1.165) is 0 Å². The normalized spacial score (nSPS) is 20.7. The predicted octanol–water partition coefficient (Wildman–Crippen LogP) is 3.10. The molecule has 2 aromatic rings. The SMILES string of the molecule is COC(=O)C(C)NP(=O)(OCC1CCC(OC(=O)c2cccnc2)O1)Oc1ccccc1. The molecular formula is C21H25N2O8P. The Kier molecular flexibility index (Phi) is 8.35. The van der Waals surface area contributed by atoms with Crippen LogP contribution >= 0.6 is 7.75 Å². The van der Waals surface area contributed by atoms with Crippen LogP contribution in [0.15, 0.2) is 54.9 Å². The minimum Gasteiger partial charge on any atom is -0.468 e. The molecule has 1 N–H and O–H groups in total. The van der Waals surface area contributed by atoms with Crippen LogP contribution in [0.4, 0.5) is 0 Å². The van der Waals surface area contributed by atoms with Crippen molar-refractivity contribution in [3.63, 3.8) is 0 Å². The van der Waals surface area contributed by atoms with Crippen LogP contribution < -0.4 is 9.61 Å². The Labute approximate surface area is 185 Å². The van der Waals surface area contributed by atoms with Crippen molar-refractivity contribution in [2.75, 3.05) is 13.7 Å². The minimum absolute atomic E-state index is 0.105. The largest absolute Gasteiger partial charge is 0.468 e. The van der Waals surface area contributed by atoms with Crippen LogP contribution in [0.25, 0.3) is 0 Å². The molecule has 2 heterocycles. The fourth-order valence-corrected chi connectivity index (χ4v) is 4.43. The maximum Gasteiger partial charge on any atom is 0.459 e. The number of rotatable bonds is 10. The highest BCUT2D eigenvalue weighted by Gasteiger charge is 2.35. The molecule has 4 unspecified atom stereocenters. The van der Waals surface area contributed by atoms with E-state index in [-0.39, 0.29) is 6.61 Å². The average molecular weight is 464 g/mol. The monoisotopic (exact) mass is 464 g/mol. The van der Waals surface area contributed by atoms with E-state index in [4.69, 9.17) is 18.5 Å². The van der Waals surface area contributed by atoms with Crippen LogP contribution in [0.2, 0.25) is 0 Å². The molecule has 10 nitrogen and oxygen atoms in total. The van der Waals surface area contributed by atoms with Crippen LogP contribution in [0, 0.1) is 0 Å². The van der Waals surface area contributed by atoms with Gasteiger partial charge in [-0.25, -0.2) is 9.36 Å². The lowest BCUT2D eigenvalue weighted by Crippen LogP contribution is -2.35. The number of carbonyl (C=O) groups is 2. The van der Waals surface area contributed by atoms with Gasteiger partial charge in [-0.05, 0) is 37.6 Å². The summed E-state index contributed by atoms with van der Waals surface area (Å²) in [5.41, 5.74) is 0.317. The number of nitrogens with zero attached hydrogens (tertiary/aromatic N) is 1. The smallest absolute Gasteiger partial charge is 0.459 e. The summed E-state index contributed by atoms with van der Waals surface area (Å²) in [6.45, 7) is 1.38. The van der Waals surface area contributed by atoms with Gasteiger partial charge in [-0.2, -0.15) is 5.09 Å². The van der Waals surface area contributed by atoms with Crippen LogP contribution in [-0.2, 0) is 28.1 Å². The van der Waals surface area contributed by atoms with Crippen LogP contribution in [0.5, 0.6) is 5.75 Å². The second-order valence-corrected chi connectivity index (χ2v) is 8.68. The number of carbonyl (C=O) groups excluding carboxylic acids is 2. The van der Waals surface area contributed by atoms with Crippen molar-refractivity contribution in [3.8, 4) is 5.75 Å². The van der Waals surface area contributed by atoms with Gasteiger partial charge in [-0.3, -0.25) is 14.3 Å². The highest BCUT2D eigenvalue weighted by Crippen LogP contribution is 2.45. The van der Waals surface area contributed by atoms with Crippen LogP contribution in [-0.4, -0.2) is 49.1 Å². The summed E-state index contributed by atoms with van der Waals surface area (Å²) in [5.74, 6) is -0.864. The van der Waals surface area contributed by atoms with E-state index in [9.17, 15) is 14.2 Å². The third-order valence-corrected chi connectivity index (χ3v) is 6.15. The van der Waals surface area contributed by atoms with Gasteiger partial charge in [0.15, 0.2) is 0 Å². The minimum atomic E-state index is -3.96. The lowest BCUT2D eigenvalue weighted by Gasteiger charge is -2.23. The molecule has 4 atom stereocenters. The molecule has 1 aliphatic heterocycles. The molecule has 11 heteroatoms. The molecule has 172 valence electrons. The summed E-state index contributed by atoms with van der Waals surface area (Å²) >= 11 is 0. The zero-order valence-corrected chi connectivity index (χ0v) is 18.6. The topological polar surface area (TPSA) is 122 Å². The Bertz CT molecular complexity index is 943. The molecule has 0 bridgehead atoms. The van der Waals surface area contributed by atoms with Crippen molar-refractivity contribution in [1.82, 2.24) is 10.1 Å². The van der Waals surface area contributed by atoms with Gasteiger partial charge in [0.1, 0.15) is 11.8 Å². The summed E-state index contributed by atoms with van der Waals surface area (Å²) in [5, 5.41) is 2.57. The number of nitrogens with one attached hydrogen (secondary N) is 1. The second-order valence-electron chi connectivity index (χ2n) is 6.98. The van der Waals surface area contributed by atoms with Gasteiger partial charge < -0.3 is 18.7 Å². The molecule has 1 saturated heterocycles. The third-order valence-electron chi connectivity index (χ3n) is 4.51. The van der Waals surface area contributed by atoms with E-state index >= 15 is 0 Å². The van der Waals surface area contributed by atoms with Gasteiger partial charge in [0, 0.05) is 18.8 Å². The van der Waals surface area contributed by atoms with Crippen molar-refractivity contribution in [2.24, 2.45) is 0 Å². The first-order valence-corrected chi connectivity index (χ1v) is 11.5. The molecule has 1 aliphatic rings.